The van der Waals surface area contributed by atoms with Gasteiger partial charge >= 0.3 is 6.03 Å². The molecule has 0 bridgehead atoms. The normalized spacial score (nSPS) is 9.95. The zero-order valence-corrected chi connectivity index (χ0v) is 12.9. The summed E-state index contributed by atoms with van der Waals surface area (Å²) < 4.78 is 0. The lowest BCUT2D eigenvalue weighted by Gasteiger charge is -2.13. The summed E-state index contributed by atoms with van der Waals surface area (Å²) in [6, 6.07) is 14.0. The molecule has 0 aliphatic carbocycles. The van der Waals surface area contributed by atoms with Crippen LogP contribution in [0.3, 0.4) is 0 Å². The van der Waals surface area contributed by atoms with Crippen LogP contribution >= 0.6 is 0 Å². The van der Waals surface area contributed by atoms with Crippen molar-refractivity contribution in [2.24, 2.45) is 0 Å². The van der Waals surface area contributed by atoms with E-state index in [0.29, 0.717) is 16.9 Å². The van der Waals surface area contributed by atoms with Gasteiger partial charge in [-0.25, -0.2) is 4.79 Å². The molecular weight excluding hydrogens is 278 g/mol. The van der Waals surface area contributed by atoms with Crippen molar-refractivity contribution in [1.82, 2.24) is 0 Å². The number of carbonyl (C=O) groups excluding carboxylic acids is 2. The Kier molecular flexibility index (Phi) is 4.78. The molecule has 2 rings (SSSR count). The van der Waals surface area contributed by atoms with E-state index in [4.69, 9.17) is 0 Å². The third-order valence-electron chi connectivity index (χ3n) is 3.19. The number of urea groups is 1. The molecule has 2 N–H and O–H groups in total. The van der Waals surface area contributed by atoms with Crippen LogP contribution in [0.2, 0.25) is 0 Å². The molecule has 2 amide bonds. The Balaban J connectivity index is 1.96. The molecule has 5 nitrogen and oxygen atoms in total. The predicted molar refractivity (Wildman–Crippen MR) is 89.9 cm³/mol. The molecule has 2 aromatic carbocycles. The Labute approximate surface area is 129 Å². The molecule has 114 valence electrons. The SMILES string of the molecule is CC(=O)c1ccc(NC(=O)Nc2ccc(N(C)C)cc2)cc1. The standard InChI is InChI=1S/C17H19N3O2/c1-12(21)13-4-6-14(7-5-13)18-17(22)19-15-8-10-16(11-9-15)20(2)3/h4-11H,1-3H3,(H2,18,19,22). The number of nitrogens with zero attached hydrogens (tertiary/aromatic N) is 1. The van der Waals surface area contributed by atoms with Crippen LogP contribution in [-0.4, -0.2) is 25.9 Å². The first-order valence-corrected chi connectivity index (χ1v) is 6.92. The van der Waals surface area contributed by atoms with Gasteiger partial charge in [-0.2, -0.15) is 0 Å². The molecule has 22 heavy (non-hydrogen) atoms. The van der Waals surface area contributed by atoms with Gasteiger partial charge in [0.25, 0.3) is 0 Å². The van der Waals surface area contributed by atoms with E-state index in [2.05, 4.69) is 10.6 Å². The minimum absolute atomic E-state index is 0.00279. The van der Waals surface area contributed by atoms with Gasteiger partial charge in [-0.15, -0.1) is 0 Å². The van der Waals surface area contributed by atoms with Crippen LogP contribution < -0.4 is 15.5 Å². The minimum atomic E-state index is -0.326. The summed E-state index contributed by atoms with van der Waals surface area (Å²) in [4.78, 5) is 25.1. The van der Waals surface area contributed by atoms with Crippen molar-refractivity contribution in [2.75, 3.05) is 29.6 Å². The minimum Gasteiger partial charge on any atom is -0.378 e. The van der Waals surface area contributed by atoms with Gasteiger partial charge in [0.1, 0.15) is 0 Å². The molecule has 0 aromatic heterocycles. The summed E-state index contributed by atoms with van der Waals surface area (Å²) >= 11 is 0. The lowest BCUT2D eigenvalue weighted by molar-refractivity contribution is 0.101. The van der Waals surface area contributed by atoms with Crippen molar-refractivity contribution >= 4 is 28.9 Å². The Morgan fingerprint density at radius 2 is 1.27 bits per heavy atom. The van der Waals surface area contributed by atoms with E-state index in [9.17, 15) is 9.59 Å². The van der Waals surface area contributed by atoms with Gasteiger partial charge in [0, 0.05) is 36.7 Å². The summed E-state index contributed by atoms with van der Waals surface area (Å²) in [5.74, 6) is -0.00279. The molecule has 0 aliphatic heterocycles. The third-order valence-corrected chi connectivity index (χ3v) is 3.19. The number of benzene rings is 2. The van der Waals surface area contributed by atoms with Crippen LogP contribution in [0, 0.1) is 0 Å². The van der Waals surface area contributed by atoms with Crippen molar-refractivity contribution < 1.29 is 9.59 Å². The number of nitrogens with one attached hydrogen (secondary N) is 2. The van der Waals surface area contributed by atoms with Gasteiger partial charge in [-0.05, 0) is 55.5 Å². The number of hydrogen-bond acceptors (Lipinski definition) is 3. The predicted octanol–water partition coefficient (Wildman–Crippen LogP) is 3.60. The summed E-state index contributed by atoms with van der Waals surface area (Å²) in [5.41, 5.74) is 3.02. The molecule has 0 spiro atoms. The fourth-order valence-electron chi connectivity index (χ4n) is 1.92. The fraction of sp³-hybridized carbons (Fsp3) is 0.176. The zero-order valence-electron chi connectivity index (χ0n) is 12.9. The Hall–Kier alpha value is -2.82. The topological polar surface area (TPSA) is 61.4 Å². The van der Waals surface area contributed by atoms with Crippen LogP contribution in [0.5, 0.6) is 0 Å². The molecule has 2 aromatic rings. The van der Waals surface area contributed by atoms with Crippen LogP contribution in [0.15, 0.2) is 48.5 Å². The largest absolute Gasteiger partial charge is 0.378 e. The second kappa shape index (κ2) is 6.76. The zero-order chi connectivity index (χ0) is 16.1. The highest BCUT2D eigenvalue weighted by atomic mass is 16.2. The molecule has 0 aliphatic rings. The van der Waals surface area contributed by atoms with Crippen LogP contribution in [0.1, 0.15) is 17.3 Å². The highest BCUT2D eigenvalue weighted by Crippen LogP contribution is 2.16. The van der Waals surface area contributed by atoms with E-state index in [-0.39, 0.29) is 11.8 Å². The van der Waals surface area contributed by atoms with Gasteiger partial charge < -0.3 is 15.5 Å². The fourth-order valence-corrected chi connectivity index (χ4v) is 1.92. The number of anilines is 3. The smallest absolute Gasteiger partial charge is 0.323 e. The van der Waals surface area contributed by atoms with Crippen molar-refractivity contribution in [3.8, 4) is 0 Å². The quantitative estimate of drug-likeness (QED) is 0.848. The number of carbonyl (C=O) groups is 2. The lowest BCUT2D eigenvalue weighted by Crippen LogP contribution is -2.19. The van der Waals surface area contributed by atoms with Crippen LogP contribution in [0.25, 0.3) is 0 Å². The van der Waals surface area contributed by atoms with Crippen molar-refractivity contribution in [2.45, 2.75) is 6.92 Å². The van der Waals surface area contributed by atoms with Gasteiger partial charge in [-0.3, -0.25) is 4.79 Å². The maximum Gasteiger partial charge on any atom is 0.323 e. The van der Waals surface area contributed by atoms with E-state index in [1.807, 2.05) is 43.3 Å². The first-order valence-electron chi connectivity index (χ1n) is 6.92. The summed E-state index contributed by atoms with van der Waals surface area (Å²) in [6.45, 7) is 1.51. The summed E-state index contributed by atoms with van der Waals surface area (Å²) in [6.07, 6.45) is 0. The Morgan fingerprint density at radius 1 is 0.818 bits per heavy atom. The van der Waals surface area contributed by atoms with E-state index < -0.39 is 0 Å². The molecule has 0 heterocycles. The van der Waals surface area contributed by atoms with Crippen LogP contribution in [-0.2, 0) is 0 Å². The highest BCUT2D eigenvalue weighted by Gasteiger charge is 2.04. The molecule has 0 saturated carbocycles. The average Bonchev–Trinajstić information content (AvgIpc) is 2.48. The number of ketones is 1. The first-order chi connectivity index (χ1) is 10.5. The second-order valence-electron chi connectivity index (χ2n) is 5.15. The van der Waals surface area contributed by atoms with Gasteiger partial charge in [-0.1, -0.05) is 0 Å². The van der Waals surface area contributed by atoms with Crippen LogP contribution in [0.4, 0.5) is 21.9 Å². The summed E-state index contributed by atoms with van der Waals surface area (Å²) in [7, 11) is 3.92. The van der Waals surface area contributed by atoms with E-state index in [1.54, 1.807) is 24.3 Å². The van der Waals surface area contributed by atoms with Gasteiger partial charge in [0.15, 0.2) is 5.78 Å². The van der Waals surface area contributed by atoms with E-state index >= 15 is 0 Å². The highest BCUT2D eigenvalue weighted by molar-refractivity contribution is 6.00. The second-order valence-corrected chi connectivity index (χ2v) is 5.15. The molecule has 0 fully saturated rings. The molecule has 0 atom stereocenters. The molecule has 5 heteroatoms. The average molecular weight is 297 g/mol. The van der Waals surface area contributed by atoms with Crippen molar-refractivity contribution in [1.29, 1.82) is 0 Å². The molecule has 0 saturated heterocycles. The first kappa shape index (κ1) is 15.6. The number of hydrogen-bond donors (Lipinski definition) is 2. The van der Waals surface area contributed by atoms with E-state index in [0.717, 1.165) is 5.69 Å². The van der Waals surface area contributed by atoms with Crippen molar-refractivity contribution in [3.05, 3.63) is 54.1 Å². The summed E-state index contributed by atoms with van der Waals surface area (Å²) in [5, 5.41) is 5.48. The number of rotatable bonds is 4. The van der Waals surface area contributed by atoms with Gasteiger partial charge in [0.2, 0.25) is 0 Å². The maximum absolute atomic E-state index is 11.9. The van der Waals surface area contributed by atoms with E-state index in [1.165, 1.54) is 6.92 Å². The Bertz CT molecular complexity index is 661. The molecule has 0 radical (unpaired) electrons. The number of Topliss-reactive ketones (excluding diaryl/α,β-unsaturated/α-hetero) is 1. The Morgan fingerprint density at radius 3 is 1.68 bits per heavy atom. The van der Waals surface area contributed by atoms with Gasteiger partial charge in [0.05, 0.1) is 0 Å². The third kappa shape index (κ3) is 4.09. The maximum atomic E-state index is 11.9. The lowest BCUT2D eigenvalue weighted by atomic mass is 10.1. The number of amides is 2. The van der Waals surface area contributed by atoms with Crippen molar-refractivity contribution in [3.63, 3.8) is 0 Å². The molecule has 0 unspecified atom stereocenters. The monoisotopic (exact) mass is 297 g/mol. The molecular formula is C17H19N3O2.